The van der Waals surface area contributed by atoms with Gasteiger partial charge < -0.3 is 19.5 Å². The van der Waals surface area contributed by atoms with Gasteiger partial charge in [0.25, 0.3) is 0 Å². The first-order chi connectivity index (χ1) is 12.6. The van der Waals surface area contributed by atoms with E-state index in [4.69, 9.17) is 0 Å². The Morgan fingerprint density at radius 1 is 1.27 bits per heavy atom. The van der Waals surface area contributed by atoms with Crippen molar-refractivity contribution >= 4 is 5.91 Å². The molecule has 0 radical (unpaired) electrons. The first kappa shape index (κ1) is 17.2. The summed E-state index contributed by atoms with van der Waals surface area (Å²) in [6, 6.07) is 10.6. The predicted molar refractivity (Wildman–Crippen MR) is 98.5 cm³/mol. The van der Waals surface area contributed by atoms with Crippen LogP contribution in [0.15, 0.2) is 49.1 Å². The van der Waals surface area contributed by atoms with E-state index in [9.17, 15) is 9.90 Å². The number of aromatic nitrogens is 2. The number of benzene rings is 1. The summed E-state index contributed by atoms with van der Waals surface area (Å²) in [4.78, 5) is 21.0. The van der Waals surface area contributed by atoms with Crippen LogP contribution in [0.2, 0.25) is 0 Å². The number of carbonyl (C=O) groups excluding carboxylic acids is 1. The van der Waals surface area contributed by atoms with Gasteiger partial charge in [0.1, 0.15) is 6.54 Å². The molecule has 3 heterocycles. The highest BCUT2D eigenvalue weighted by molar-refractivity contribution is 5.76. The molecule has 2 aromatic rings. The Morgan fingerprint density at radius 3 is 2.81 bits per heavy atom. The highest BCUT2D eigenvalue weighted by Gasteiger charge is 2.46. The average molecular weight is 354 g/mol. The van der Waals surface area contributed by atoms with Crippen molar-refractivity contribution in [2.75, 3.05) is 26.7 Å². The maximum atomic E-state index is 12.7. The molecule has 0 bridgehead atoms. The Hall–Kier alpha value is -2.18. The van der Waals surface area contributed by atoms with Crippen molar-refractivity contribution < 1.29 is 9.90 Å². The Balaban J connectivity index is 1.53. The van der Waals surface area contributed by atoms with E-state index in [2.05, 4.69) is 41.2 Å². The first-order valence-corrected chi connectivity index (χ1v) is 9.30. The molecule has 0 unspecified atom stereocenters. The normalized spacial score (nSPS) is 29.4. The quantitative estimate of drug-likeness (QED) is 0.899. The maximum Gasteiger partial charge on any atom is 0.242 e. The van der Waals surface area contributed by atoms with Crippen LogP contribution in [0.1, 0.15) is 17.9 Å². The fourth-order valence-electron chi connectivity index (χ4n) is 4.60. The molecule has 0 saturated carbocycles. The molecule has 138 valence electrons. The van der Waals surface area contributed by atoms with Crippen molar-refractivity contribution in [3.8, 4) is 0 Å². The first-order valence-electron chi connectivity index (χ1n) is 9.30. The predicted octanol–water partition coefficient (Wildman–Crippen LogP) is 1.19. The maximum absolute atomic E-state index is 12.7. The van der Waals surface area contributed by atoms with Gasteiger partial charge in [-0.15, -0.1) is 0 Å². The van der Waals surface area contributed by atoms with E-state index in [1.165, 1.54) is 5.56 Å². The third kappa shape index (κ3) is 3.27. The van der Waals surface area contributed by atoms with Gasteiger partial charge in [-0.3, -0.25) is 4.79 Å². The summed E-state index contributed by atoms with van der Waals surface area (Å²) in [5.41, 5.74) is 1.28. The van der Waals surface area contributed by atoms with Crippen LogP contribution >= 0.6 is 0 Å². The molecule has 1 amide bonds. The Bertz CT molecular complexity index is 734. The number of aliphatic hydroxyl groups is 1. The van der Waals surface area contributed by atoms with Crippen LogP contribution in [-0.2, 0) is 11.3 Å². The lowest BCUT2D eigenvalue weighted by molar-refractivity contribution is -0.132. The van der Waals surface area contributed by atoms with Crippen molar-refractivity contribution in [1.82, 2.24) is 19.4 Å². The Labute approximate surface area is 154 Å². The molecule has 4 atom stereocenters. The summed E-state index contributed by atoms with van der Waals surface area (Å²) in [5, 5.41) is 10.9. The number of likely N-dealkylation sites (N-methyl/N-ethyl adjacent to an activating group) is 1. The minimum absolute atomic E-state index is 0.0902. The summed E-state index contributed by atoms with van der Waals surface area (Å²) < 4.78 is 1.80. The van der Waals surface area contributed by atoms with Crippen LogP contribution in [0.25, 0.3) is 0 Å². The Morgan fingerprint density at radius 2 is 2.08 bits per heavy atom. The zero-order valence-electron chi connectivity index (χ0n) is 15.1. The third-order valence-corrected chi connectivity index (χ3v) is 5.96. The fourth-order valence-corrected chi connectivity index (χ4v) is 4.60. The molecule has 1 N–H and O–H groups in total. The fraction of sp³-hybridized carbons (Fsp3) is 0.500. The number of likely N-dealkylation sites (tertiary alicyclic amines) is 2. The van der Waals surface area contributed by atoms with Gasteiger partial charge in [-0.2, -0.15) is 0 Å². The number of rotatable bonds is 3. The molecular weight excluding hydrogens is 328 g/mol. The third-order valence-electron chi connectivity index (χ3n) is 5.96. The topological polar surface area (TPSA) is 61.6 Å². The SMILES string of the molecule is CN1C[C@@H](c2ccccc2)[C@@H]2[C@H](O)CCN(C(=O)Cn3ccnc3)C[C@H]21. The zero-order valence-corrected chi connectivity index (χ0v) is 15.1. The van der Waals surface area contributed by atoms with Gasteiger partial charge >= 0.3 is 0 Å². The van der Waals surface area contributed by atoms with Crippen LogP contribution in [0.4, 0.5) is 0 Å². The van der Waals surface area contributed by atoms with Gasteiger partial charge in [0, 0.05) is 49.9 Å². The minimum Gasteiger partial charge on any atom is -0.393 e. The van der Waals surface area contributed by atoms with Gasteiger partial charge in [-0.05, 0) is 19.0 Å². The summed E-state index contributed by atoms with van der Waals surface area (Å²) >= 11 is 0. The highest BCUT2D eigenvalue weighted by Crippen LogP contribution is 2.41. The lowest BCUT2D eigenvalue weighted by Gasteiger charge is -2.29. The molecule has 2 aliphatic rings. The Kier molecular flexibility index (Phi) is 4.78. The van der Waals surface area contributed by atoms with Crippen molar-refractivity contribution in [3.63, 3.8) is 0 Å². The number of amides is 1. The highest BCUT2D eigenvalue weighted by atomic mass is 16.3. The van der Waals surface area contributed by atoms with Crippen LogP contribution in [-0.4, -0.2) is 69.2 Å². The van der Waals surface area contributed by atoms with Gasteiger partial charge in [0.15, 0.2) is 0 Å². The summed E-state index contributed by atoms with van der Waals surface area (Å²) in [6.07, 6.45) is 5.40. The van der Waals surface area contributed by atoms with Gasteiger partial charge in [0.05, 0.1) is 12.4 Å². The molecule has 26 heavy (non-hydrogen) atoms. The molecule has 0 spiro atoms. The van der Waals surface area contributed by atoms with E-state index in [1.807, 2.05) is 11.0 Å². The largest absolute Gasteiger partial charge is 0.393 e. The van der Waals surface area contributed by atoms with Crippen molar-refractivity contribution in [2.45, 2.75) is 31.0 Å². The molecule has 4 rings (SSSR count). The standard InChI is InChI=1S/C20H26N4O2/c1-22-11-16(15-5-3-2-4-6-15)20-17(22)12-24(9-7-18(20)25)19(26)13-23-10-8-21-14-23/h2-6,8,10,14,16-18,20,25H,7,9,11-13H2,1H3/t16-,17+,18+,20-/m0/s1. The van der Waals surface area contributed by atoms with Crippen LogP contribution < -0.4 is 0 Å². The summed E-state index contributed by atoms with van der Waals surface area (Å²) in [7, 11) is 2.11. The van der Waals surface area contributed by atoms with Gasteiger partial charge in [0.2, 0.25) is 5.91 Å². The monoisotopic (exact) mass is 354 g/mol. The molecule has 2 saturated heterocycles. The van der Waals surface area contributed by atoms with E-state index in [0.717, 1.165) is 6.54 Å². The molecular formula is C20H26N4O2. The summed E-state index contributed by atoms with van der Waals surface area (Å²) in [6.45, 7) is 2.51. The molecule has 1 aromatic carbocycles. The second-order valence-electron chi connectivity index (χ2n) is 7.53. The lowest BCUT2D eigenvalue weighted by atomic mass is 9.81. The summed E-state index contributed by atoms with van der Waals surface area (Å²) in [5.74, 6) is 0.561. The van der Waals surface area contributed by atoms with E-state index < -0.39 is 0 Å². The number of hydrogen-bond donors (Lipinski definition) is 1. The van der Waals surface area contributed by atoms with E-state index >= 15 is 0 Å². The number of fused-ring (bicyclic) bond motifs is 1. The molecule has 1 aromatic heterocycles. The number of carbonyl (C=O) groups is 1. The molecule has 2 aliphatic heterocycles. The van der Waals surface area contributed by atoms with Crippen LogP contribution in [0.3, 0.4) is 0 Å². The van der Waals surface area contributed by atoms with Gasteiger partial charge in [-0.1, -0.05) is 30.3 Å². The van der Waals surface area contributed by atoms with Crippen LogP contribution in [0.5, 0.6) is 0 Å². The molecule has 2 fully saturated rings. The smallest absolute Gasteiger partial charge is 0.242 e. The van der Waals surface area contributed by atoms with Crippen LogP contribution in [0, 0.1) is 5.92 Å². The zero-order chi connectivity index (χ0) is 18.1. The van der Waals surface area contributed by atoms with E-state index in [0.29, 0.717) is 32.0 Å². The molecule has 6 nitrogen and oxygen atoms in total. The van der Waals surface area contributed by atoms with Crippen molar-refractivity contribution in [2.24, 2.45) is 5.92 Å². The second kappa shape index (κ2) is 7.21. The van der Waals surface area contributed by atoms with Crippen molar-refractivity contribution in [1.29, 1.82) is 0 Å². The number of hydrogen-bond acceptors (Lipinski definition) is 4. The molecule has 0 aliphatic carbocycles. The van der Waals surface area contributed by atoms with E-state index in [-0.39, 0.29) is 24.0 Å². The second-order valence-corrected chi connectivity index (χ2v) is 7.53. The molecule has 6 heteroatoms. The van der Waals surface area contributed by atoms with Crippen molar-refractivity contribution in [3.05, 3.63) is 54.6 Å². The average Bonchev–Trinajstić information content (AvgIpc) is 3.22. The minimum atomic E-state index is -0.388. The number of aliphatic hydroxyl groups excluding tert-OH is 1. The lowest BCUT2D eigenvalue weighted by Crippen LogP contribution is -2.44. The number of imidazole rings is 1. The van der Waals surface area contributed by atoms with Gasteiger partial charge in [-0.25, -0.2) is 4.98 Å². The number of nitrogens with zero attached hydrogens (tertiary/aromatic N) is 4. The van der Waals surface area contributed by atoms with E-state index in [1.54, 1.807) is 23.3 Å².